The fourth-order valence-electron chi connectivity index (χ4n) is 5.21. The topological polar surface area (TPSA) is 67.1 Å². The predicted octanol–water partition coefficient (Wildman–Crippen LogP) is 6.57. The molecule has 3 aromatic heterocycles. The number of aryl methyl sites for hydroxylation is 1. The molecule has 194 valence electrons. The van der Waals surface area contributed by atoms with Gasteiger partial charge in [0.15, 0.2) is 5.58 Å². The first-order chi connectivity index (χ1) is 18.3. The average Bonchev–Trinajstić information content (AvgIpc) is 3.36. The van der Waals surface area contributed by atoms with Gasteiger partial charge in [0.25, 0.3) is 0 Å². The van der Waals surface area contributed by atoms with E-state index >= 15 is 0 Å². The van der Waals surface area contributed by atoms with Crippen LogP contribution < -0.4 is 5.32 Å². The Kier molecular flexibility index (Phi) is 8.58. The van der Waals surface area contributed by atoms with Crippen molar-refractivity contribution in [2.24, 2.45) is 0 Å². The van der Waals surface area contributed by atoms with Gasteiger partial charge in [-0.25, -0.2) is 4.98 Å². The molecule has 0 aliphatic heterocycles. The standard InChI is InChI=1S/C31H31N5O.BrH/c1-2-12-29-27(10-1)35-30(37-29)22-36(28-11-5-7-25-8-6-18-34-31(25)28)21-24-15-13-23(14-16-24)19-32-20-26-9-3-4-17-33-26;/h1-4,6,8-10,12-18,28,32H,5,7,11,19-22H2;1H. The van der Waals surface area contributed by atoms with E-state index in [1.165, 1.54) is 22.4 Å². The third-order valence-electron chi connectivity index (χ3n) is 7.05. The van der Waals surface area contributed by atoms with Gasteiger partial charge in [0, 0.05) is 32.0 Å². The molecule has 0 saturated carbocycles. The summed E-state index contributed by atoms with van der Waals surface area (Å²) in [5, 5.41) is 3.48. The summed E-state index contributed by atoms with van der Waals surface area (Å²) in [5.74, 6) is 0.750. The number of benzene rings is 2. The van der Waals surface area contributed by atoms with E-state index < -0.39 is 0 Å². The SMILES string of the molecule is Br.c1ccc(CNCc2ccc(CN(Cc3nc4ccccc4o3)C3CCCc4cccnc43)cc2)nc1. The zero-order valence-electron chi connectivity index (χ0n) is 21.3. The summed E-state index contributed by atoms with van der Waals surface area (Å²) in [6, 6.07) is 27.4. The van der Waals surface area contributed by atoms with E-state index in [0.29, 0.717) is 6.54 Å². The Morgan fingerprint density at radius 1 is 0.816 bits per heavy atom. The molecular formula is C31H32BrN5O. The summed E-state index contributed by atoms with van der Waals surface area (Å²) in [5.41, 5.74) is 7.87. The largest absolute Gasteiger partial charge is 0.439 e. The second kappa shape index (κ2) is 12.4. The predicted molar refractivity (Wildman–Crippen MR) is 155 cm³/mol. The molecular weight excluding hydrogens is 538 g/mol. The molecule has 0 spiro atoms. The molecule has 1 aliphatic rings. The van der Waals surface area contributed by atoms with Crippen LogP contribution in [-0.2, 0) is 32.6 Å². The second-order valence-electron chi connectivity index (χ2n) is 9.68. The maximum absolute atomic E-state index is 6.13. The minimum absolute atomic E-state index is 0. The summed E-state index contributed by atoms with van der Waals surface area (Å²) in [6.07, 6.45) is 7.09. The first-order valence-electron chi connectivity index (χ1n) is 13.0. The molecule has 1 N–H and O–H groups in total. The molecule has 0 saturated heterocycles. The van der Waals surface area contributed by atoms with Gasteiger partial charge in [0.1, 0.15) is 5.52 Å². The molecule has 0 bridgehead atoms. The Morgan fingerprint density at radius 3 is 2.47 bits per heavy atom. The van der Waals surface area contributed by atoms with Crippen molar-refractivity contribution in [2.75, 3.05) is 0 Å². The highest BCUT2D eigenvalue weighted by Gasteiger charge is 2.28. The zero-order valence-corrected chi connectivity index (χ0v) is 23.0. The van der Waals surface area contributed by atoms with Crippen molar-refractivity contribution in [2.45, 2.75) is 51.5 Å². The van der Waals surface area contributed by atoms with Crippen LogP contribution in [0, 0.1) is 0 Å². The smallest absolute Gasteiger partial charge is 0.209 e. The Morgan fingerprint density at radius 2 is 1.63 bits per heavy atom. The van der Waals surface area contributed by atoms with Crippen LogP contribution in [0.15, 0.2) is 95.7 Å². The van der Waals surface area contributed by atoms with Gasteiger partial charge in [-0.05, 0) is 66.3 Å². The molecule has 1 atom stereocenters. The van der Waals surface area contributed by atoms with Crippen molar-refractivity contribution in [3.05, 3.63) is 125 Å². The summed E-state index contributed by atoms with van der Waals surface area (Å²) < 4.78 is 6.13. The Bertz CT molecular complexity index is 1420. The van der Waals surface area contributed by atoms with Gasteiger partial charge in [-0.3, -0.25) is 14.9 Å². The number of hydrogen-bond acceptors (Lipinski definition) is 6. The van der Waals surface area contributed by atoms with Gasteiger partial charge < -0.3 is 9.73 Å². The average molecular weight is 571 g/mol. The van der Waals surface area contributed by atoms with Gasteiger partial charge >= 0.3 is 0 Å². The lowest BCUT2D eigenvalue weighted by Gasteiger charge is -2.34. The highest BCUT2D eigenvalue weighted by Crippen LogP contribution is 2.35. The molecule has 2 aromatic carbocycles. The van der Waals surface area contributed by atoms with E-state index in [1.807, 2.05) is 60.9 Å². The Labute approximate surface area is 233 Å². The van der Waals surface area contributed by atoms with Crippen LogP contribution in [0.1, 0.15) is 52.9 Å². The van der Waals surface area contributed by atoms with E-state index in [9.17, 15) is 0 Å². The Balaban J connectivity index is 0.00000294. The normalized spacial score (nSPS) is 14.8. The first-order valence-corrected chi connectivity index (χ1v) is 13.0. The molecule has 7 heteroatoms. The van der Waals surface area contributed by atoms with Gasteiger partial charge in [0.05, 0.1) is 24.0 Å². The van der Waals surface area contributed by atoms with Gasteiger partial charge in [0.2, 0.25) is 5.89 Å². The van der Waals surface area contributed by atoms with E-state index in [1.54, 1.807) is 0 Å². The molecule has 5 aromatic rings. The third kappa shape index (κ3) is 6.18. The van der Waals surface area contributed by atoms with E-state index in [4.69, 9.17) is 14.4 Å². The number of oxazole rings is 1. The number of rotatable bonds is 9. The lowest BCUT2D eigenvalue weighted by molar-refractivity contribution is 0.143. The number of nitrogens with zero attached hydrogens (tertiary/aromatic N) is 4. The minimum atomic E-state index is 0. The summed E-state index contributed by atoms with van der Waals surface area (Å²) in [7, 11) is 0. The van der Waals surface area contributed by atoms with E-state index in [0.717, 1.165) is 61.6 Å². The monoisotopic (exact) mass is 569 g/mol. The molecule has 1 aliphatic carbocycles. The Hall–Kier alpha value is -3.39. The van der Waals surface area contributed by atoms with E-state index in [2.05, 4.69) is 45.5 Å². The molecule has 0 fully saturated rings. The van der Waals surface area contributed by atoms with Gasteiger partial charge in [-0.2, -0.15) is 0 Å². The number of pyridine rings is 2. The van der Waals surface area contributed by atoms with Crippen LogP contribution in [0.25, 0.3) is 11.1 Å². The second-order valence-corrected chi connectivity index (χ2v) is 9.68. The van der Waals surface area contributed by atoms with Crippen molar-refractivity contribution in [3.8, 4) is 0 Å². The first kappa shape index (κ1) is 26.2. The van der Waals surface area contributed by atoms with Crippen molar-refractivity contribution in [1.82, 2.24) is 25.2 Å². The van der Waals surface area contributed by atoms with Crippen LogP contribution in [0.3, 0.4) is 0 Å². The lowest BCUT2D eigenvalue weighted by Crippen LogP contribution is -2.31. The van der Waals surface area contributed by atoms with Crippen molar-refractivity contribution < 1.29 is 4.42 Å². The number of hydrogen-bond donors (Lipinski definition) is 1. The van der Waals surface area contributed by atoms with Crippen molar-refractivity contribution in [3.63, 3.8) is 0 Å². The number of halogens is 1. The van der Waals surface area contributed by atoms with Crippen LogP contribution in [0.2, 0.25) is 0 Å². The van der Waals surface area contributed by atoms with Crippen LogP contribution in [0.5, 0.6) is 0 Å². The highest BCUT2D eigenvalue weighted by atomic mass is 79.9. The van der Waals surface area contributed by atoms with E-state index in [-0.39, 0.29) is 23.0 Å². The fourth-order valence-corrected chi connectivity index (χ4v) is 5.21. The van der Waals surface area contributed by atoms with Crippen molar-refractivity contribution >= 4 is 28.1 Å². The molecule has 6 nitrogen and oxygen atoms in total. The fraction of sp³-hybridized carbons (Fsp3) is 0.258. The quantitative estimate of drug-likeness (QED) is 0.216. The van der Waals surface area contributed by atoms with Crippen LogP contribution >= 0.6 is 17.0 Å². The number of fused-ring (bicyclic) bond motifs is 2. The highest BCUT2D eigenvalue weighted by molar-refractivity contribution is 8.93. The van der Waals surface area contributed by atoms with Gasteiger partial charge in [-0.15, -0.1) is 17.0 Å². The van der Waals surface area contributed by atoms with Crippen LogP contribution in [0.4, 0.5) is 0 Å². The molecule has 0 radical (unpaired) electrons. The summed E-state index contributed by atoms with van der Waals surface area (Å²) >= 11 is 0. The van der Waals surface area contributed by atoms with Crippen LogP contribution in [-0.4, -0.2) is 19.9 Å². The molecule has 38 heavy (non-hydrogen) atoms. The van der Waals surface area contributed by atoms with Crippen molar-refractivity contribution in [1.29, 1.82) is 0 Å². The molecule has 0 amide bonds. The molecule has 3 heterocycles. The molecule has 1 unspecified atom stereocenters. The number of nitrogens with one attached hydrogen (secondary N) is 1. The summed E-state index contributed by atoms with van der Waals surface area (Å²) in [6.45, 7) is 3.02. The van der Waals surface area contributed by atoms with Gasteiger partial charge in [-0.1, -0.05) is 48.5 Å². The maximum atomic E-state index is 6.13. The number of para-hydroxylation sites is 2. The number of aromatic nitrogens is 3. The third-order valence-corrected chi connectivity index (χ3v) is 7.05. The lowest BCUT2D eigenvalue weighted by atomic mass is 9.90. The minimum Gasteiger partial charge on any atom is -0.439 e. The maximum Gasteiger partial charge on any atom is 0.209 e. The molecule has 6 rings (SSSR count). The zero-order chi connectivity index (χ0) is 24.9. The summed E-state index contributed by atoms with van der Waals surface area (Å²) in [4.78, 5) is 16.4.